The Balaban J connectivity index is 1.86. The smallest absolute Gasteiger partial charge is 0.389 e. The van der Waals surface area contributed by atoms with Crippen molar-refractivity contribution < 1.29 is 36.2 Å². The molecule has 0 fully saturated rings. The number of alkyl halides is 5. The van der Waals surface area contributed by atoms with Crippen molar-refractivity contribution in [3.05, 3.63) is 36.0 Å². The molecule has 14 heteroatoms. The van der Waals surface area contributed by atoms with Gasteiger partial charge in [-0.05, 0) is 26.3 Å². The van der Waals surface area contributed by atoms with Gasteiger partial charge in [0.2, 0.25) is 5.65 Å². The van der Waals surface area contributed by atoms with E-state index in [2.05, 4.69) is 15.0 Å². The molecule has 3 aromatic heterocycles. The van der Waals surface area contributed by atoms with Crippen LogP contribution in [-0.4, -0.2) is 69.7 Å². The number of ether oxygens (including phenoxy) is 2. The molecule has 0 spiro atoms. The Morgan fingerprint density at radius 1 is 1.19 bits per heavy atom. The SMILES string of the molecule is CCN(Cc1cc(-c2cn3cc(C)nc3c(OC)n2)c(OC)cn1)C(=O)N[C@@H](CCC(F)(F)F)C(F)F. The molecule has 2 amide bonds. The van der Waals surface area contributed by atoms with Gasteiger partial charge in [-0.1, -0.05) is 0 Å². The first kappa shape index (κ1) is 27.9. The lowest BCUT2D eigenvalue weighted by atomic mass is 10.1. The van der Waals surface area contributed by atoms with Crippen LogP contribution >= 0.6 is 0 Å². The molecule has 3 heterocycles. The van der Waals surface area contributed by atoms with E-state index in [0.717, 1.165) is 10.6 Å². The second-order valence-electron chi connectivity index (χ2n) is 8.18. The largest absolute Gasteiger partial charge is 0.494 e. The van der Waals surface area contributed by atoms with E-state index < -0.39 is 37.5 Å². The summed E-state index contributed by atoms with van der Waals surface area (Å²) in [4.78, 5) is 27.0. The lowest BCUT2D eigenvalue weighted by Gasteiger charge is -2.25. The Bertz CT molecular complexity index is 1230. The van der Waals surface area contributed by atoms with Crippen molar-refractivity contribution in [1.82, 2.24) is 29.6 Å². The predicted octanol–water partition coefficient (Wildman–Crippen LogP) is 4.62. The molecule has 0 saturated carbocycles. The van der Waals surface area contributed by atoms with Gasteiger partial charge in [0.1, 0.15) is 5.75 Å². The summed E-state index contributed by atoms with van der Waals surface area (Å²) in [7, 11) is 2.92. The zero-order chi connectivity index (χ0) is 27.3. The van der Waals surface area contributed by atoms with Gasteiger partial charge in [-0.15, -0.1) is 0 Å². The first-order valence-corrected chi connectivity index (χ1v) is 11.3. The molecule has 37 heavy (non-hydrogen) atoms. The lowest BCUT2D eigenvalue weighted by Crippen LogP contribution is -2.47. The van der Waals surface area contributed by atoms with Crippen LogP contribution in [0.4, 0.5) is 26.7 Å². The van der Waals surface area contributed by atoms with Crippen LogP contribution in [0.25, 0.3) is 16.9 Å². The number of nitrogens with zero attached hydrogens (tertiary/aromatic N) is 5. The molecule has 0 radical (unpaired) electrons. The van der Waals surface area contributed by atoms with Gasteiger partial charge < -0.3 is 24.1 Å². The fourth-order valence-corrected chi connectivity index (χ4v) is 3.65. The highest BCUT2D eigenvalue weighted by Crippen LogP contribution is 2.31. The van der Waals surface area contributed by atoms with E-state index in [1.807, 2.05) is 12.2 Å². The summed E-state index contributed by atoms with van der Waals surface area (Å²) in [5, 5.41) is 2.01. The highest BCUT2D eigenvalue weighted by atomic mass is 19.4. The van der Waals surface area contributed by atoms with Gasteiger partial charge in [-0.3, -0.25) is 4.98 Å². The molecule has 9 nitrogen and oxygen atoms in total. The third kappa shape index (κ3) is 6.95. The highest BCUT2D eigenvalue weighted by Gasteiger charge is 2.32. The quantitative estimate of drug-likeness (QED) is 0.385. The fraction of sp³-hybridized carbons (Fsp3) is 0.478. The van der Waals surface area contributed by atoms with Crippen LogP contribution in [0, 0.1) is 6.92 Å². The van der Waals surface area contributed by atoms with Crippen LogP contribution in [0.3, 0.4) is 0 Å². The van der Waals surface area contributed by atoms with Crippen molar-refractivity contribution >= 4 is 11.7 Å². The minimum absolute atomic E-state index is 0.0937. The first-order chi connectivity index (χ1) is 17.4. The maximum atomic E-state index is 13.3. The van der Waals surface area contributed by atoms with Gasteiger partial charge in [0.05, 0.1) is 50.1 Å². The Labute approximate surface area is 209 Å². The van der Waals surface area contributed by atoms with E-state index in [1.165, 1.54) is 20.4 Å². The van der Waals surface area contributed by atoms with Gasteiger partial charge in [-0.2, -0.15) is 13.2 Å². The molecule has 0 aliphatic heterocycles. The summed E-state index contributed by atoms with van der Waals surface area (Å²) >= 11 is 0. The summed E-state index contributed by atoms with van der Waals surface area (Å²) in [6.07, 6.45) is -5.19. The van der Waals surface area contributed by atoms with Gasteiger partial charge in [0.15, 0.2) is 0 Å². The molecular weight excluding hydrogens is 503 g/mol. The number of nitrogens with one attached hydrogen (secondary N) is 1. The minimum Gasteiger partial charge on any atom is -0.494 e. The van der Waals surface area contributed by atoms with E-state index in [4.69, 9.17) is 9.47 Å². The average molecular weight is 530 g/mol. The van der Waals surface area contributed by atoms with Gasteiger partial charge in [0.25, 0.3) is 12.3 Å². The van der Waals surface area contributed by atoms with Gasteiger partial charge in [0, 0.05) is 30.9 Å². The number of carbonyl (C=O) groups is 1. The third-order valence-corrected chi connectivity index (χ3v) is 5.51. The number of aromatic nitrogens is 4. The molecule has 0 aliphatic rings. The van der Waals surface area contributed by atoms with Crippen LogP contribution in [0.5, 0.6) is 11.6 Å². The van der Waals surface area contributed by atoms with Crippen LogP contribution in [0.1, 0.15) is 31.2 Å². The molecule has 1 atom stereocenters. The van der Waals surface area contributed by atoms with E-state index in [0.29, 0.717) is 28.3 Å². The second kappa shape index (κ2) is 11.6. The molecule has 0 aromatic carbocycles. The van der Waals surface area contributed by atoms with E-state index in [-0.39, 0.29) is 19.0 Å². The number of urea groups is 1. The molecule has 0 aliphatic carbocycles. The van der Waals surface area contributed by atoms with Crippen LogP contribution < -0.4 is 14.8 Å². The Hall–Kier alpha value is -3.71. The maximum absolute atomic E-state index is 13.3. The third-order valence-electron chi connectivity index (χ3n) is 5.51. The highest BCUT2D eigenvalue weighted by molar-refractivity contribution is 5.75. The first-order valence-electron chi connectivity index (χ1n) is 11.3. The van der Waals surface area contributed by atoms with E-state index >= 15 is 0 Å². The van der Waals surface area contributed by atoms with Crippen molar-refractivity contribution in [2.24, 2.45) is 0 Å². The summed E-state index contributed by atoms with van der Waals surface area (Å²) in [5.41, 5.74) is 2.62. The Kier molecular flexibility index (Phi) is 8.71. The summed E-state index contributed by atoms with van der Waals surface area (Å²) in [6.45, 7) is 3.43. The molecule has 0 unspecified atom stereocenters. The monoisotopic (exact) mass is 530 g/mol. The summed E-state index contributed by atoms with van der Waals surface area (Å²) in [5.74, 6) is 0.657. The normalized spacial score (nSPS) is 12.6. The number of pyridine rings is 1. The number of methoxy groups -OCH3 is 2. The standard InChI is InChI=1S/C23H27F5N6O3/c1-5-33(22(35)32-16(19(24)25)6-7-23(26,27)28)11-14-8-15(18(36-3)9-29-14)17-12-34-10-13(2)30-20(34)21(31-17)37-4/h8-10,12,16,19H,5-7,11H2,1-4H3,(H,32,35)/t16-/m0/s1. The van der Waals surface area contributed by atoms with Gasteiger partial charge >= 0.3 is 12.2 Å². The average Bonchev–Trinajstić information content (AvgIpc) is 3.23. The topological polar surface area (TPSA) is 93.9 Å². The number of fused-ring (bicyclic) bond motifs is 1. The number of halogens is 5. The van der Waals surface area contributed by atoms with Gasteiger partial charge in [-0.25, -0.2) is 23.5 Å². The minimum atomic E-state index is -4.61. The van der Waals surface area contributed by atoms with Crippen molar-refractivity contribution in [1.29, 1.82) is 0 Å². The Morgan fingerprint density at radius 3 is 2.51 bits per heavy atom. The number of rotatable bonds is 10. The van der Waals surface area contributed by atoms with Crippen molar-refractivity contribution in [3.8, 4) is 22.9 Å². The van der Waals surface area contributed by atoms with Crippen molar-refractivity contribution in [2.75, 3.05) is 20.8 Å². The summed E-state index contributed by atoms with van der Waals surface area (Å²) in [6, 6.07) is -1.24. The zero-order valence-electron chi connectivity index (χ0n) is 20.6. The molecule has 1 N–H and O–H groups in total. The number of amides is 2. The Morgan fingerprint density at radius 2 is 1.92 bits per heavy atom. The summed E-state index contributed by atoms with van der Waals surface area (Å²) < 4.78 is 76.6. The lowest BCUT2D eigenvalue weighted by molar-refractivity contribution is -0.138. The zero-order valence-corrected chi connectivity index (χ0v) is 20.6. The van der Waals surface area contributed by atoms with E-state index in [1.54, 1.807) is 29.8 Å². The number of hydrogen-bond donors (Lipinski definition) is 1. The molecule has 202 valence electrons. The maximum Gasteiger partial charge on any atom is 0.389 e. The molecule has 3 rings (SSSR count). The van der Waals surface area contributed by atoms with Crippen LogP contribution in [-0.2, 0) is 6.54 Å². The molecule has 0 bridgehead atoms. The second-order valence-corrected chi connectivity index (χ2v) is 8.18. The fourth-order valence-electron chi connectivity index (χ4n) is 3.65. The molecular formula is C23H27F5N6O3. The molecule has 0 saturated heterocycles. The number of aryl methyl sites for hydroxylation is 1. The predicted molar refractivity (Wildman–Crippen MR) is 124 cm³/mol. The number of hydrogen-bond acceptors (Lipinski definition) is 6. The number of imidazole rings is 1. The van der Waals surface area contributed by atoms with E-state index in [9.17, 15) is 26.7 Å². The number of carbonyl (C=O) groups excluding carboxylic acids is 1. The van der Waals surface area contributed by atoms with Crippen LogP contribution in [0.15, 0.2) is 24.7 Å². The molecule has 3 aromatic rings. The van der Waals surface area contributed by atoms with Crippen molar-refractivity contribution in [3.63, 3.8) is 0 Å². The van der Waals surface area contributed by atoms with Crippen molar-refractivity contribution in [2.45, 2.75) is 51.9 Å². The van der Waals surface area contributed by atoms with Crippen LogP contribution in [0.2, 0.25) is 0 Å².